The van der Waals surface area contributed by atoms with Crippen LogP contribution >= 0.6 is 11.8 Å². The van der Waals surface area contributed by atoms with E-state index < -0.39 is 11.4 Å². The van der Waals surface area contributed by atoms with Crippen LogP contribution in [0.1, 0.15) is 32.1 Å². The Bertz CT molecular complexity index is 293. The summed E-state index contributed by atoms with van der Waals surface area (Å²) in [5, 5.41) is 14.3. The largest absolute Gasteiger partial charge is 0.481 e. The summed E-state index contributed by atoms with van der Waals surface area (Å²) in [7, 11) is 0. The summed E-state index contributed by atoms with van der Waals surface area (Å²) < 4.78 is 0. The molecule has 0 bridgehead atoms. The van der Waals surface area contributed by atoms with Crippen LogP contribution in [0.2, 0.25) is 0 Å². The number of carboxylic acid groups (broad SMARTS) is 1. The van der Waals surface area contributed by atoms with E-state index in [4.69, 9.17) is 5.11 Å². The Morgan fingerprint density at radius 3 is 2.50 bits per heavy atom. The minimum absolute atomic E-state index is 0.237. The zero-order valence-corrected chi connectivity index (χ0v) is 11.6. The van der Waals surface area contributed by atoms with Crippen molar-refractivity contribution in [1.82, 2.24) is 10.6 Å². The van der Waals surface area contributed by atoms with E-state index in [9.17, 15) is 9.59 Å². The molecule has 1 fully saturated rings. The molecule has 6 heteroatoms. The molecule has 0 heterocycles. The number of aliphatic carboxylic acids is 1. The van der Waals surface area contributed by atoms with Gasteiger partial charge in [0.15, 0.2) is 0 Å². The summed E-state index contributed by atoms with van der Waals surface area (Å²) in [5.41, 5.74) is -0.685. The van der Waals surface area contributed by atoms with Gasteiger partial charge in [0, 0.05) is 13.1 Å². The van der Waals surface area contributed by atoms with Crippen LogP contribution in [-0.2, 0) is 4.79 Å². The normalized spacial score (nSPS) is 16.1. The average molecular weight is 274 g/mol. The number of thioether (sulfide) groups is 1. The molecule has 1 aliphatic rings. The van der Waals surface area contributed by atoms with Gasteiger partial charge in [-0.1, -0.05) is 6.42 Å². The number of carbonyl (C=O) groups is 2. The summed E-state index contributed by atoms with van der Waals surface area (Å²) in [6.45, 7) is 0.890. The topological polar surface area (TPSA) is 78.4 Å². The summed E-state index contributed by atoms with van der Waals surface area (Å²) >= 11 is 1.83. The van der Waals surface area contributed by atoms with E-state index in [2.05, 4.69) is 16.9 Å². The number of rotatable bonds is 9. The molecule has 0 atom stereocenters. The lowest BCUT2D eigenvalue weighted by molar-refractivity contribution is -0.143. The zero-order valence-electron chi connectivity index (χ0n) is 10.8. The van der Waals surface area contributed by atoms with Gasteiger partial charge in [-0.3, -0.25) is 4.79 Å². The van der Waals surface area contributed by atoms with E-state index >= 15 is 0 Å². The maximum absolute atomic E-state index is 11.4. The molecule has 0 spiro atoms. The lowest BCUT2D eigenvalue weighted by Gasteiger charge is -2.11. The summed E-state index contributed by atoms with van der Waals surface area (Å²) in [4.78, 5) is 22.3. The van der Waals surface area contributed by atoms with Gasteiger partial charge in [-0.2, -0.15) is 11.8 Å². The Labute approximate surface area is 112 Å². The molecular weight excluding hydrogens is 252 g/mol. The fraction of sp³-hybridized carbons (Fsp3) is 0.833. The third-order valence-corrected chi connectivity index (χ3v) is 3.90. The van der Waals surface area contributed by atoms with Crippen LogP contribution in [0.4, 0.5) is 4.79 Å². The van der Waals surface area contributed by atoms with E-state index in [1.807, 2.05) is 11.8 Å². The average Bonchev–Trinajstić information content (AvgIpc) is 3.12. The Morgan fingerprint density at radius 1 is 1.22 bits per heavy atom. The molecule has 3 N–H and O–H groups in total. The third kappa shape index (κ3) is 5.16. The molecule has 1 aliphatic carbocycles. The predicted molar refractivity (Wildman–Crippen MR) is 72.9 cm³/mol. The van der Waals surface area contributed by atoms with Crippen LogP contribution in [0.3, 0.4) is 0 Å². The molecule has 0 radical (unpaired) electrons. The van der Waals surface area contributed by atoms with Gasteiger partial charge in [-0.15, -0.1) is 0 Å². The number of unbranched alkanes of at least 4 members (excludes halogenated alkanes) is 2. The molecule has 5 nitrogen and oxygen atoms in total. The second kappa shape index (κ2) is 7.51. The molecule has 0 aromatic rings. The van der Waals surface area contributed by atoms with Gasteiger partial charge in [0.1, 0.15) is 0 Å². The Hall–Kier alpha value is -0.910. The first kappa shape index (κ1) is 15.1. The number of hydrogen-bond donors (Lipinski definition) is 3. The van der Waals surface area contributed by atoms with Gasteiger partial charge < -0.3 is 15.7 Å². The van der Waals surface area contributed by atoms with E-state index in [1.165, 1.54) is 6.42 Å². The van der Waals surface area contributed by atoms with Crippen molar-refractivity contribution in [3.63, 3.8) is 0 Å². The molecule has 0 aromatic carbocycles. The molecular formula is C12H22N2O3S. The third-order valence-electron chi connectivity index (χ3n) is 3.21. The van der Waals surface area contributed by atoms with Crippen LogP contribution in [0.25, 0.3) is 0 Å². The van der Waals surface area contributed by atoms with Crippen molar-refractivity contribution < 1.29 is 14.7 Å². The molecule has 0 unspecified atom stereocenters. The fourth-order valence-electron chi connectivity index (χ4n) is 1.68. The second-order valence-electron chi connectivity index (χ2n) is 4.75. The highest BCUT2D eigenvalue weighted by Gasteiger charge is 2.50. The molecule has 0 saturated heterocycles. The number of carboxylic acids is 1. The van der Waals surface area contributed by atoms with Crippen molar-refractivity contribution >= 4 is 23.8 Å². The van der Waals surface area contributed by atoms with Gasteiger partial charge in [0.05, 0.1) is 5.41 Å². The minimum Gasteiger partial charge on any atom is -0.481 e. The maximum atomic E-state index is 11.4. The number of amides is 2. The first-order valence-electron chi connectivity index (χ1n) is 6.35. The molecule has 0 aromatic heterocycles. The van der Waals surface area contributed by atoms with Crippen LogP contribution < -0.4 is 10.6 Å². The van der Waals surface area contributed by atoms with Gasteiger partial charge >= 0.3 is 12.0 Å². The standard InChI is InChI=1S/C12H22N2O3S/c1-18-8-4-2-3-7-13-11(17)14-9-12(5-6-12)10(15)16/h2-9H2,1H3,(H,15,16)(H2,13,14,17). The number of hydrogen-bond acceptors (Lipinski definition) is 3. The quantitative estimate of drug-likeness (QED) is 0.559. The van der Waals surface area contributed by atoms with E-state index in [-0.39, 0.29) is 12.6 Å². The lowest BCUT2D eigenvalue weighted by Crippen LogP contribution is -2.41. The smallest absolute Gasteiger partial charge is 0.314 e. The van der Waals surface area contributed by atoms with Crippen molar-refractivity contribution in [2.75, 3.05) is 25.1 Å². The van der Waals surface area contributed by atoms with E-state index in [0.717, 1.165) is 18.6 Å². The first-order valence-corrected chi connectivity index (χ1v) is 7.74. The highest BCUT2D eigenvalue weighted by molar-refractivity contribution is 7.98. The molecule has 2 amide bonds. The summed E-state index contributed by atoms with van der Waals surface area (Å²) in [5.74, 6) is 0.354. The molecule has 1 rings (SSSR count). The lowest BCUT2D eigenvalue weighted by atomic mass is 10.1. The van der Waals surface area contributed by atoms with Crippen molar-refractivity contribution in [2.24, 2.45) is 5.41 Å². The number of carbonyl (C=O) groups excluding carboxylic acids is 1. The van der Waals surface area contributed by atoms with Crippen LogP contribution in [0.5, 0.6) is 0 Å². The Kier molecular flexibility index (Phi) is 6.32. The zero-order chi connectivity index (χ0) is 13.4. The Balaban J connectivity index is 1.99. The predicted octanol–water partition coefficient (Wildman–Crippen LogP) is 1.68. The highest BCUT2D eigenvalue weighted by atomic mass is 32.2. The molecule has 104 valence electrons. The first-order chi connectivity index (χ1) is 8.60. The fourth-order valence-corrected chi connectivity index (χ4v) is 2.17. The van der Waals surface area contributed by atoms with Gasteiger partial charge in [0.2, 0.25) is 0 Å². The van der Waals surface area contributed by atoms with Crippen molar-refractivity contribution in [3.8, 4) is 0 Å². The van der Waals surface area contributed by atoms with Gasteiger partial charge in [-0.25, -0.2) is 4.79 Å². The SMILES string of the molecule is CSCCCCCNC(=O)NCC1(C(=O)O)CC1. The summed E-state index contributed by atoms with van der Waals surface area (Å²) in [6.07, 6.45) is 6.67. The minimum atomic E-state index is -0.806. The van der Waals surface area contributed by atoms with Crippen molar-refractivity contribution in [3.05, 3.63) is 0 Å². The van der Waals surface area contributed by atoms with Crippen LogP contribution in [-0.4, -0.2) is 42.2 Å². The second-order valence-corrected chi connectivity index (χ2v) is 5.73. The van der Waals surface area contributed by atoms with Crippen molar-refractivity contribution in [2.45, 2.75) is 32.1 Å². The molecule has 18 heavy (non-hydrogen) atoms. The van der Waals surface area contributed by atoms with Gasteiger partial charge in [-0.05, 0) is 37.7 Å². The van der Waals surface area contributed by atoms with E-state index in [0.29, 0.717) is 19.4 Å². The monoisotopic (exact) mass is 274 g/mol. The molecule has 1 saturated carbocycles. The van der Waals surface area contributed by atoms with Crippen molar-refractivity contribution in [1.29, 1.82) is 0 Å². The highest BCUT2D eigenvalue weighted by Crippen LogP contribution is 2.45. The number of nitrogens with one attached hydrogen (secondary N) is 2. The maximum Gasteiger partial charge on any atom is 0.314 e. The Morgan fingerprint density at radius 2 is 1.94 bits per heavy atom. The van der Waals surface area contributed by atoms with Crippen LogP contribution in [0.15, 0.2) is 0 Å². The summed E-state index contributed by atoms with van der Waals surface area (Å²) in [6, 6.07) is -0.257. The van der Waals surface area contributed by atoms with Crippen LogP contribution in [0, 0.1) is 5.41 Å². The van der Waals surface area contributed by atoms with E-state index in [1.54, 1.807) is 0 Å². The van der Waals surface area contributed by atoms with Gasteiger partial charge in [0.25, 0.3) is 0 Å². The number of urea groups is 1. The molecule has 0 aliphatic heterocycles.